The molecule has 0 spiro atoms. The highest BCUT2D eigenvalue weighted by atomic mass is 31.3. The molecule has 0 aromatic carbocycles. The minimum Gasteiger partial charge on any atom is -0.387 e. The Bertz CT molecular complexity index is 2310. The zero-order valence-electron chi connectivity index (χ0n) is 28.6. The Morgan fingerprint density at radius 2 is 1.57 bits per heavy atom. The highest BCUT2D eigenvalue weighted by Crippen LogP contribution is 2.69. The van der Waals surface area contributed by atoms with E-state index in [1.807, 2.05) is 0 Å². The van der Waals surface area contributed by atoms with E-state index < -0.39 is 103 Å². The van der Waals surface area contributed by atoms with Crippen molar-refractivity contribution in [3.63, 3.8) is 0 Å². The summed E-state index contributed by atoms with van der Waals surface area (Å²) in [6.07, 6.45) is -9.42. The molecular formula is C25H37N9O17P3+. The van der Waals surface area contributed by atoms with Gasteiger partial charge in [0, 0.05) is 13.3 Å². The summed E-state index contributed by atoms with van der Waals surface area (Å²) < 4.78 is 78.7. The first-order valence-electron chi connectivity index (χ1n) is 15.8. The van der Waals surface area contributed by atoms with Crippen LogP contribution in [0.5, 0.6) is 0 Å². The molecule has 0 saturated carbocycles. The second-order valence-corrected chi connectivity index (χ2v) is 17.7. The number of H-pyrrole nitrogens is 2. The lowest BCUT2D eigenvalue weighted by Gasteiger charge is -2.23. The van der Waals surface area contributed by atoms with Crippen LogP contribution >= 0.6 is 23.2 Å². The molecule has 4 aromatic heterocycles. The number of nitrogens with one attached hydrogen (secondary N) is 2. The summed E-state index contributed by atoms with van der Waals surface area (Å²) in [5.41, 5.74) is 4.59. The van der Waals surface area contributed by atoms with Crippen LogP contribution in [0.15, 0.2) is 22.2 Å². The number of hydrogen-bond donors (Lipinski definition) is 8. The predicted octanol–water partition coefficient (Wildman–Crippen LogP) is -2.05. The van der Waals surface area contributed by atoms with Crippen LogP contribution in [0.4, 0.5) is 5.95 Å². The Balaban J connectivity index is 1.08. The number of ether oxygens (including phenoxy) is 3. The topological polar surface area (TPSA) is 361 Å². The monoisotopic (exact) mass is 828 g/mol. The average molecular weight is 829 g/mol. The summed E-state index contributed by atoms with van der Waals surface area (Å²) in [4.78, 5) is 62.3. The van der Waals surface area contributed by atoms with Crippen molar-refractivity contribution in [3.8, 4) is 0 Å². The van der Waals surface area contributed by atoms with Gasteiger partial charge in [-0.3, -0.25) is 28.2 Å². The zero-order chi connectivity index (χ0) is 39.5. The maximum Gasteiger partial charge on any atom is 0.488 e. The Hall–Kier alpha value is -3.29. The third-order valence-corrected chi connectivity index (χ3v) is 13.7. The molecule has 0 radical (unpaired) electrons. The highest BCUT2D eigenvalue weighted by molar-refractivity contribution is 7.68. The molecule has 54 heavy (non-hydrogen) atoms. The number of nitrogens with zero attached hydrogens (tertiary/aromatic N) is 6. The number of fused-ring (bicyclic) bond motifs is 2. The molecule has 26 nitrogen and oxygen atoms in total. The smallest absolute Gasteiger partial charge is 0.387 e. The third kappa shape index (κ3) is 7.87. The lowest BCUT2D eigenvalue weighted by molar-refractivity contribution is -0.646. The summed E-state index contributed by atoms with van der Waals surface area (Å²) in [5, 5.41) is 32.4. The van der Waals surface area contributed by atoms with Crippen molar-refractivity contribution in [1.82, 2.24) is 34.1 Å². The fourth-order valence-electron chi connectivity index (χ4n) is 6.00. The van der Waals surface area contributed by atoms with Crippen molar-refractivity contribution in [1.29, 1.82) is 0 Å². The molecule has 2 aliphatic rings. The van der Waals surface area contributed by atoms with Crippen LogP contribution in [0.1, 0.15) is 25.2 Å². The Morgan fingerprint density at radius 3 is 2.26 bits per heavy atom. The molecular weight excluding hydrogens is 791 g/mol. The Kier molecular flexibility index (Phi) is 11.2. The van der Waals surface area contributed by atoms with E-state index in [-0.39, 0.29) is 34.1 Å². The lowest BCUT2D eigenvalue weighted by atomic mass is 10.1. The van der Waals surface area contributed by atoms with Crippen LogP contribution in [0.2, 0.25) is 0 Å². The molecule has 4 aromatic rings. The van der Waals surface area contributed by atoms with E-state index in [1.54, 1.807) is 0 Å². The summed E-state index contributed by atoms with van der Waals surface area (Å²) in [7, 11) is -13.2. The van der Waals surface area contributed by atoms with Crippen LogP contribution in [0.25, 0.3) is 22.3 Å². The van der Waals surface area contributed by atoms with Crippen molar-refractivity contribution >= 4 is 51.5 Å². The number of aliphatic hydroxyl groups is 3. The normalized spacial score (nSPS) is 29.4. The van der Waals surface area contributed by atoms with Gasteiger partial charge in [0.25, 0.3) is 16.7 Å². The van der Waals surface area contributed by atoms with Gasteiger partial charge in [0.05, 0.1) is 26.6 Å². The molecule has 29 heteroatoms. The molecule has 9 N–H and O–H groups in total. The fourth-order valence-corrected chi connectivity index (χ4v) is 10.4. The van der Waals surface area contributed by atoms with Crippen LogP contribution in [-0.2, 0) is 52.6 Å². The first-order chi connectivity index (χ1) is 25.3. The maximum atomic E-state index is 13.4. The number of imidazole rings is 2. The van der Waals surface area contributed by atoms with Crippen molar-refractivity contribution in [2.75, 3.05) is 32.2 Å². The highest BCUT2D eigenvalue weighted by Gasteiger charge is 2.50. The molecule has 0 bridgehead atoms. The lowest BCUT2D eigenvalue weighted by Crippen LogP contribution is -2.35. The number of hydrogen-bond acceptors (Lipinski definition) is 19. The second kappa shape index (κ2) is 15.0. The van der Waals surface area contributed by atoms with E-state index >= 15 is 0 Å². The number of rotatable bonds is 14. The SMILES string of the molecule is CCP(=O)(OC[C@H]1O[C@@H](n2c[n+](C)c3c(=O)[nH]c(N)nc32)C(O)[C@H]1O)OP(=O)(O)OP(=O)(O)OC[C@H]1O[C@@H](n2cnc3c(=O)[nH]c(C)nc32)C(O)[C@H]1OC. The average Bonchev–Trinajstić information content (AvgIpc) is 3.80. The second-order valence-electron chi connectivity index (χ2n) is 12.2. The molecule has 0 amide bonds. The van der Waals surface area contributed by atoms with Gasteiger partial charge >= 0.3 is 28.8 Å². The molecule has 2 fully saturated rings. The molecule has 0 aliphatic carbocycles. The van der Waals surface area contributed by atoms with E-state index in [9.17, 15) is 48.4 Å². The number of aromatic nitrogens is 8. The summed E-state index contributed by atoms with van der Waals surface area (Å²) in [6.45, 7) is 1.08. The fraction of sp³-hybridized carbons (Fsp3) is 0.600. The first kappa shape index (κ1) is 40.4. The predicted molar refractivity (Wildman–Crippen MR) is 177 cm³/mol. The molecule has 6 rings (SSSR count). The molecule has 298 valence electrons. The van der Waals surface area contributed by atoms with Crippen LogP contribution < -0.4 is 21.4 Å². The number of nitrogen functional groups attached to an aromatic ring is 1. The number of phosphoric ester groups is 1. The third-order valence-electron chi connectivity index (χ3n) is 8.47. The molecule has 6 heterocycles. The van der Waals surface area contributed by atoms with Gasteiger partial charge in [-0.25, -0.2) is 28.0 Å². The largest absolute Gasteiger partial charge is 0.488 e. The number of aliphatic hydroxyl groups excluding tert-OH is 3. The number of phosphoric acid groups is 2. The van der Waals surface area contributed by atoms with Crippen molar-refractivity contribution < 1.29 is 75.2 Å². The Morgan fingerprint density at radius 1 is 0.907 bits per heavy atom. The number of methoxy groups -OCH3 is 1. The quantitative estimate of drug-likeness (QED) is 0.0500. The van der Waals surface area contributed by atoms with E-state index in [4.69, 9.17) is 29.0 Å². The van der Waals surface area contributed by atoms with Gasteiger partial charge in [-0.15, -0.1) is 0 Å². The van der Waals surface area contributed by atoms with Gasteiger partial charge in [0.1, 0.15) is 42.4 Å². The maximum absolute atomic E-state index is 13.4. The van der Waals surface area contributed by atoms with E-state index in [2.05, 4.69) is 33.5 Å². The molecule has 11 atom stereocenters. The van der Waals surface area contributed by atoms with Gasteiger partial charge in [-0.05, 0) is 6.92 Å². The number of aromatic amines is 2. The van der Waals surface area contributed by atoms with Crippen LogP contribution in [0, 0.1) is 6.92 Å². The number of nitrogens with two attached hydrogens (primary N) is 1. The first-order valence-corrected chi connectivity index (χ1v) is 20.5. The van der Waals surface area contributed by atoms with E-state index in [1.165, 1.54) is 54.4 Å². The Labute approximate surface area is 302 Å². The van der Waals surface area contributed by atoms with Gasteiger partial charge in [0.2, 0.25) is 18.5 Å². The van der Waals surface area contributed by atoms with Gasteiger partial charge in [-0.2, -0.15) is 13.9 Å². The van der Waals surface area contributed by atoms with Gasteiger partial charge < -0.3 is 54.6 Å². The summed E-state index contributed by atoms with van der Waals surface area (Å²) in [6, 6.07) is 0. The van der Waals surface area contributed by atoms with Crippen LogP contribution in [-0.4, -0.2) is 122 Å². The molecule has 2 aliphatic heterocycles. The standard InChI is InChI=1S/C25H36N9O17P3/c1-5-52(40,46-6-11-15(35)16(36)23(48-11)34-9-32(3)14-20(34)30-25(26)31-22(14)39)50-54(43,44)51-53(41,42)47-7-12-18(45-4)17(37)24(49-12)33-8-27-13-19(33)28-10(2)29-21(13)38/h8-9,11-12,15-18,23-24,35-37H,5-7H2,1-4H3,(H5-,26,28,29,30,31,38,39,41,42,43,44)/p+1/t11-,12-,15+,16?,17?,18+,23-,24-,52?/m1/s1. The van der Waals surface area contributed by atoms with Gasteiger partial charge in [0.15, 0.2) is 17.4 Å². The molecule has 2 saturated heterocycles. The summed E-state index contributed by atoms with van der Waals surface area (Å²) >= 11 is 0. The van der Waals surface area contributed by atoms with E-state index in [0.29, 0.717) is 0 Å². The molecule has 5 unspecified atom stereocenters. The van der Waals surface area contributed by atoms with Crippen molar-refractivity contribution in [2.24, 2.45) is 7.05 Å². The number of anilines is 1. The van der Waals surface area contributed by atoms with Crippen molar-refractivity contribution in [3.05, 3.63) is 39.2 Å². The van der Waals surface area contributed by atoms with Gasteiger partial charge in [-0.1, -0.05) is 6.92 Å². The number of aryl methyl sites for hydroxylation is 2. The minimum atomic E-state index is -5.73. The van der Waals surface area contributed by atoms with Crippen molar-refractivity contribution in [2.45, 2.75) is 62.9 Å². The van der Waals surface area contributed by atoms with E-state index in [0.717, 1.165) is 0 Å². The van der Waals surface area contributed by atoms with Crippen LogP contribution in [0.3, 0.4) is 0 Å². The summed E-state index contributed by atoms with van der Waals surface area (Å²) in [5.74, 6) is 0.00835. The minimum absolute atomic E-state index is 0.00150. The zero-order valence-corrected chi connectivity index (χ0v) is 31.3.